The number of hydrogen-bond acceptors (Lipinski definition) is 3. The van der Waals surface area contributed by atoms with Crippen molar-refractivity contribution in [1.29, 1.82) is 0 Å². The summed E-state index contributed by atoms with van der Waals surface area (Å²) in [7, 11) is 1.75. The highest BCUT2D eigenvalue weighted by atomic mass is 16.2. The molecule has 1 fully saturated rings. The number of carbonyl (C=O) groups is 2. The lowest BCUT2D eigenvalue weighted by Crippen LogP contribution is -2.46. The quantitative estimate of drug-likeness (QED) is 0.738. The Hall–Kier alpha value is -2.05. The minimum atomic E-state index is -0.390. The fourth-order valence-corrected chi connectivity index (χ4v) is 2.53. The molecule has 2 rings (SSSR count). The number of aryl methyl sites for hydroxylation is 2. The zero-order valence-electron chi connectivity index (χ0n) is 12.8. The zero-order valence-corrected chi connectivity index (χ0v) is 12.8. The highest BCUT2D eigenvalue weighted by molar-refractivity contribution is 5.88. The molecule has 0 aromatic carbocycles. The molecule has 7 nitrogen and oxygen atoms in total. The molecule has 0 unspecified atom stereocenters. The van der Waals surface area contributed by atoms with Crippen LogP contribution in [0.25, 0.3) is 0 Å². The van der Waals surface area contributed by atoms with Crippen molar-refractivity contribution in [1.82, 2.24) is 25.7 Å². The average Bonchev–Trinajstić information content (AvgIpc) is 2.98. The van der Waals surface area contributed by atoms with Crippen molar-refractivity contribution >= 4 is 11.9 Å². The Morgan fingerprint density at radius 1 is 1.48 bits per heavy atom. The van der Waals surface area contributed by atoms with E-state index in [-0.39, 0.29) is 11.9 Å². The van der Waals surface area contributed by atoms with Crippen molar-refractivity contribution in [2.75, 3.05) is 20.1 Å². The van der Waals surface area contributed by atoms with Gasteiger partial charge < -0.3 is 15.5 Å². The Morgan fingerprint density at radius 3 is 2.81 bits per heavy atom. The normalized spacial score (nSPS) is 17.7. The van der Waals surface area contributed by atoms with Crippen LogP contribution in [0, 0.1) is 13.8 Å². The van der Waals surface area contributed by atoms with Crippen molar-refractivity contribution in [2.24, 2.45) is 0 Å². The van der Waals surface area contributed by atoms with Crippen LogP contribution in [0.5, 0.6) is 0 Å². The van der Waals surface area contributed by atoms with Gasteiger partial charge >= 0.3 is 6.03 Å². The summed E-state index contributed by atoms with van der Waals surface area (Å²) in [5.74, 6) is -0.0959. The highest BCUT2D eigenvalue weighted by Crippen LogP contribution is 2.12. The standard InChI is InChI=1S/C14H23N5O2/c1-9-11(10(2)18-17-9)5-4-8-19(3)14(21)16-12-6-7-15-13(12)20/h12H,4-8H2,1-3H3,(H,15,20)(H,16,21)(H,17,18)/t12-/m1/s1. The monoisotopic (exact) mass is 293 g/mol. The van der Waals surface area contributed by atoms with Crippen LogP contribution in [0.3, 0.4) is 0 Å². The van der Waals surface area contributed by atoms with E-state index in [0.29, 0.717) is 19.5 Å². The molecule has 0 radical (unpaired) electrons. The van der Waals surface area contributed by atoms with Gasteiger partial charge in [-0.15, -0.1) is 0 Å². The molecule has 116 valence electrons. The first-order valence-corrected chi connectivity index (χ1v) is 7.29. The summed E-state index contributed by atoms with van der Waals surface area (Å²) in [5, 5.41) is 12.6. The molecule has 1 saturated heterocycles. The van der Waals surface area contributed by atoms with Gasteiger partial charge in [0.25, 0.3) is 0 Å². The van der Waals surface area contributed by atoms with E-state index in [2.05, 4.69) is 20.8 Å². The number of urea groups is 1. The lowest BCUT2D eigenvalue weighted by molar-refractivity contribution is -0.120. The summed E-state index contributed by atoms with van der Waals surface area (Å²) in [6.45, 7) is 5.26. The number of carbonyl (C=O) groups excluding carboxylic acids is 2. The van der Waals surface area contributed by atoms with E-state index in [1.807, 2.05) is 13.8 Å². The number of nitrogens with one attached hydrogen (secondary N) is 3. The van der Waals surface area contributed by atoms with Crippen LogP contribution in [0.2, 0.25) is 0 Å². The van der Waals surface area contributed by atoms with Crippen LogP contribution in [-0.2, 0) is 11.2 Å². The topological polar surface area (TPSA) is 90.1 Å². The Morgan fingerprint density at radius 2 is 2.24 bits per heavy atom. The second kappa shape index (κ2) is 6.60. The lowest BCUT2D eigenvalue weighted by atomic mass is 10.1. The molecule has 3 amide bonds. The third-order valence-electron chi connectivity index (χ3n) is 3.89. The first-order valence-electron chi connectivity index (χ1n) is 7.29. The van der Waals surface area contributed by atoms with Gasteiger partial charge in [-0.25, -0.2) is 4.79 Å². The molecule has 0 spiro atoms. The van der Waals surface area contributed by atoms with Crippen LogP contribution in [-0.4, -0.2) is 53.2 Å². The number of aromatic amines is 1. The maximum atomic E-state index is 12.0. The minimum absolute atomic E-state index is 0.0959. The molecule has 0 saturated carbocycles. The van der Waals surface area contributed by atoms with Gasteiger partial charge in [0.2, 0.25) is 5.91 Å². The second-order valence-corrected chi connectivity index (χ2v) is 5.52. The van der Waals surface area contributed by atoms with Gasteiger partial charge in [0.1, 0.15) is 6.04 Å². The summed E-state index contributed by atoms with van der Waals surface area (Å²) in [5.41, 5.74) is 3.32. The van der Waals surface area contributed by atoms with Gasteiger partial charge in [0.15, 0.2) is 0 Å². The van der Waals surface area contributed by atoms with Gasteiger partial charge in [-0.05, 0) is 38.7 Å². The fraction of sp³-hybridized carbons (Fsp3) is 0.643. The molecule has 0 bridgehead atoms. The van der Waals surface area contributed by atoms with Crippen molar-refractivity contribution in [3.63, 3.8) is 0 Å². The molecular formula is C14H23N5O2. The zero-order chi connectivity index (χ0) is 15.4. The maximum absolute atomic E-state index is 12.0. The van der Waals surface area contributed by atoms with Crippen LogP contribution in [0.15, 0.2) is 0 Å². The molecule has 7 heteroatoms. The predicted octanol–water partition coefficient (Wildman–Crippen LogP) is 0.489. The Kier molecular flexibility index (Phi) is 4.82. The molecule has 0 aliphatic carbocycles. The summed E-state index contributed by atoms with van der Waals surface area (Å²) in [6, 6.07) is -0.587. The number of hydrogen-bond donors (Lipinski definition) is 3. The molecule has 3 N–H and O–H groups in total. The Balaban J connectivity index is 1.75. The van der Waals surface area contributed by atoms with Gasteiger partial charge in [0.05, 0.1) is 5.69 Å². The van der Waals surface area contributed by atoms with Gasteiger partial charge in [0, 0.05) is 25.8 Å². The average molecular weight is 293 g/mol. The summed E-state index contributed by atoms with van der Waals surface area (Å²) < 4.78 is 0. The van der Waals surface area contributed by atoms with E-state index in [9.17, 15) is 9.59 Å². The van der Waals surface area contributed by atoms with Crippen molar-refractivity contribution in [2.45, 2.75) is 39.2 Å². The summed E-state index contributed by atoms with van der Waals surface area (Å²) in [4.78, 5) is 25.0. The van der Waals surface area contributed by atoms with E-state index in [4.69, 9.17) is 0 Å². The number of H-pyrrole nitrogens is 1. The number of nitrogens with zero attached hydrogens (tertiary/aromatic N) is 2. The number of aromatic nitrogens is 2. The molecule has 2 heterocycles. The molecular weight excluding hydrogens is 270 g/mol. The molecule has 1 aliphatic heterocycles. The largest absolute Gasteiger partial charge is 0.354 e. The molecule has 21 heavy (non-hydrogen) atoms. The first kappa shape index (κ1) is 15.3. The third-order valence-corrected chi connectivity index (χ3v) is 3.89. The summed E-state index contributed by atoms with van der Waals surface area (Å²) in [6.07, 6.45) is 2.41. The Labute approximate surface area is 124 Å². The second-order valence-electron chi connectivity index (χ2n) is 5.52. The van der Waals surface area contributed by atoms with Crippen molar-refractivity contribution < 1.29 is 9.59 Å². The molecule has 1 atom stereocenters. The fourth-order valence-electron chi connectivity index (χ4n) is 2.53. The van der Waals surface area contributed by atoms with Crippen molar-refractivity contribution in [3.8, 4) is 0 Å². The van der Waals surface area contributed by atoms with Crippen LogP contribution in [0.1, 0.15) is 29.8 Å². The van der Waals surface area contributed by atoms with E-state index >= 15 is 0 Å². The van der Waals surface area contributed by atoms with E-state index in [1.165, 1.54) is 5.56 Å². The smallest absolute Gasteiger partial charge is 0.317 e. The first-order chi connectivity index (χ1) is 9.99. The predicted molar refractivity (Wildman–Crippen MR) is 79.0 cm³/mol. The molecule has 1 aliphatic rings. The van der Waals surface area contributed by atoms with E-state index in [1.54, 1.807) is 11.9 Å². The number of rotatable bonds is 5. The van der Waals surface area contributed by atoms with E-state index in [0.717, 1.165) is 24.2 Å². The number of amides is 3. The van der Waals surface area contributed by atoms with Crippen LogP contribution < -0.4 is 10.6 Å². The van der Waals surface area contributed by atoms with E-state index < -0.39 is 6.04 Å². The lowest BCUT2D eigenvalue weighted by Gasteiger charge is -2.20. The highest BCUT2D eigenvalue weighted by Gasteiger charge is 2.26. The third kappa shape index (κ3) is 3.74. The molecule has 1 aromatic heterocycles. The van der Waals surface area contributed by atoms with Gasteiger partial charge in [-0.3, -0.25) is 9.89 Å². The van der Waals surface area contributed by atoms with Crippen LogP contribution >= 0.6 is 0 Å². The SMILES string of the molecule is Cc1n[nH]c(C)c1CCCN(C)C(=O)N[C@@H]1CCNC1=O. The van der Waals surface area contributed by atoms with Crippen LogP contribution in [0.4, 0.5) is 4.79 Å². The maximum Gasteiger partial charge on any atom is 0.317 e. The Bertz CT molecular complexity index is 506. The minimum Gasteiger partial charge on any atom is -0.354 e. The van der Waals surface area contributed by atoms with Gasteiger partial charge in [-0.1, -0.05) is 0 Å². The summed E-state index contributed by atoms with van der Waals surface area (Å²) >= 11 is 0. The molecule has 1 aromatic rings. The van der Waals surface area contributed by atoms with Crippen molar-refractivity contribution in [3.05, 3.63) is 17.0 Å². The van der Waals surface area contributed by atoms with Gasteiger partial charge in [-0.2, -0.15) is 5.10 Å².